The number of aromatic amines is 1. The molecule has 2 saturated heterocycles. The van der Waals surface area contributed by atoms with E-state index in [1.807, 2.05) is 22.6 Å². The number of ether oxygens (including phenoxy) is 1. The van der Waals surface area contributed by atoms with Crippen molar-refractivity contribution >= 4 is 102 Å². The van der Waals surface area contributed by atoms with Crippen LogP contribution in [0.2, 0.25) is 0 Å². The van der Waals surface area contributed by atoms with Gasteiger partial charge in [0.25, 0.3) is 0 Å². The minimum atomic E-state index is -2.53. The Morgan fingerprint density at radius 1 is 0.800 bits per heavy atom. The van der Waals surface area contributed by atoms with E-state index in [0.717, 1.165) is 28.5 Å². The molecule has 4 aromatic rings. The highest BCUT2D eigenvalue weighted by atomic mass is 123. The molecule has 464 valence electrons. The average Bonchev–Trinajstić information content (AvgIpc) is 3.63. The lowest BCUT2D eigenvalue weighted by molar-refractivity contribution is -0.318. The van der Waals surface area contributed by atoms with E-state index in [9.17, 15) is 69.6 Å². The number of carbonyl (C=O) groups is 8. The standard InChI is InChI=1S/C55H73IN10O17S2/c1-27(67)43-53(79)64-40(52(78)66-44(28(2)68)54(80)81)25-85-84-24-39(63-48(74)36(19-29-10-4-3-5-11-29)59-26-55(82)46(72)45(71)42(70)23-83-55)51(77)61-37(20-30-15-16-41(69)33(56)18-30)49(75)62-38(21-31-22-58-34-13-7-6-12-32(31)34)50(76)60-35(47(73)65-43)14-8-9-17-57/h3-7,10-13,15-16,18,22,27-28,35-40,42-46,58-59,67-72,82H,8-9,14,17,19-21,23-26,57H2,1-2H3,(H,60,76)(H,61,77)(H,62,75)(H,63,74)(H,64,79)(H,65,73)(H,66,78)(H,80,81)/t27-,28-,35+,36-,37+,38-,39+,40+,42-,43+,44-,45-,46+,55-/m1/s1/i56-4. The molecular formula is C55H73IN10O17S2. The van der Waals surface area contributed by atoms with Gasteiger partial charge in [-0.05, 0) is 104 Å². The van der Waals surface area contributed by atoms with E-state index in [-0.39, 0.29) is 44.4 Å². The van der Waals surface area contributed by atoms with Crippen LogP contribution in [0.4, 0.5) is 0 Å². The number of rotatable bonds is 20. The predicted octanol–water partition coefficient (Wildman–Crippen LogP) is -2.97. The molecule has 0 unspecified atom stereocenters. The molecule has 3 aromatic carbocycles. The highest BCUT2D eigenvalue weighted by molar-refractivity contribution is 14.1. The normalized spacial score (nSPS) is 26.5. The third-order valence-electron chi connectivity index (χ3n) is 14.2. The van der Waals surface area contributed by atoms with E-state index >= 15 is 9.59 Å². The van der Waals surface area contributed by atoms with Crippen molar-refractivity contribution in [1.29, 1.82) is 0 Å². The smallest absolute Gasteiger partial charge is 0.328 e. The number of nitrogens with one attached hydrogen (secondary N) is 9. The number of aromatic nitrogens is 1. The van der Waals surface area contributed by atoms with Crippen LogP contribution in [0.3, 0.4) is 0 Å². The van der Waals surface area contributed by atoms with Crippen molar-refractivity contribution in [2.45, 2.75) is 137 Å². The van der Waals surface area contributed by atoms with Crippen molar-refractivity contribution in [2.24, 2.45) is 5.73 Å². The zero-order valence-corrected chi connectivity index (χ0v) is 50.1. The van der Waals surface area contributed by atoms with E-state index in [1.165, 1.54) is 19.1 Å². The number of hydrogen-bond donors (Lipinski definition) is 18. The summed E-state index contributed by atoms with van der Waals surface area (Å²) >= 11 is 1.88. The van der Waals surface area contributed by atoms with Crippen LogP contribution in [-0.2, 0) is 62.4 Å². The summed E-state index contributed by atoms with van der Waals surface area (Å²) in [4.78, 5) is 118. The lowest BCUT2D eigenvalue weighted by Gasteiger charge is -2.42. The van der Waals surface area contributed by atoms with E-state index in [4.69, 9.17) is 10.5 Å². The largest absolute Gasteiger partial charge is 0.507 e. The summed E-state index contributed by atoms with van der Waals surface area (Å²) < 4.78 is 5.72. The van der Waals surface area contributed by atoms with Gasteiger partial charge in [0.1, 0.15) is 60.3 Å². The first-order valence-corrected chi connectivity index (χ1v) is 30.8. The second kappa shape index (κ2) is 32.0. The number of H-pyrrole nitrogens is 1. The number of carboxylic acid groups (broad SMARTS) is 1. The van der Waals surface area contributed by atoms with Gasteiger partial charge in [0.15, 0.2) is 6.04 Å². The Labute approximate surface area is 510 Å². The second-order valence-corrected chi connectivity index (χ2v) is 24.5. The van der Waals surface area contributed by atoms with Crippen molar-refractivity contribution in [2.75, 3.05) is 31.2 Å². The molecule has 30 heteroatoms. The van der Waals surface area contributed by atoms with Gasteiger partial charge in [-0.3, -0.25) is 33.6 Å². The Morgan fingerprint density at radius 3 is 2.12 bits per heavy atom. The molecule has 0 radical (unpaired) electrons. The summed E-state index contributed by atoms with van der Waals surface area (Å²) in [6.07, 6.45) is -7.12. The zero-order valence-electron chi connectivity index (χ0n) is 46.3. The van der Waals surface area contributed by atoms with Crippen LogP contribution >= 0.6 is 44.2 Å². The van der Waals surface area contributed by atoms with Crippen LogP contribution < -0.4 is 48.3 Å². The van der Waals surface area contributed by atoms with Crippen molar-refractivity contribution < 1.29 is 83.9 Å². The van der Waals surface area contributed by atoms with E-state index in [2.05, 4.69) is 47.5 Å². The van der Waals surface area contributed by atoms with Gasteiger partial charge in [-0.15, -0.1) is 0 Å². The number of carbonyl (C=O) groups excluding carboxylic acids is 7. The molecule has 0 saturated carbocycles. The van der Waals surface area contributed by atoms with Crippen molar-refractivity contribution in [3.63, 3.8) is 0 Å². The van der Waals surface area contributed by atoms with E-state index in [0.29, 0.717) is 37.6 Å². The van der Waals surface area contributed by atoms with Crippen LogP contribution in [0.25, 0.3) is 10.9 Å². The fourth-order valence-electron chi connectivity index (χ4n) is 9.29. The molecule has 27 nitrogen and oxygen atoms in total. The van der Waals surface area contributed by atoms with Crippen molar-refractivity contribution in [3.05, 3.63) is 99.3 Å². The molecule has 3 heterocycles. The number of aliphatic carboxylic acids is 1. The predicted molar refractivity (Wildman–Crippen MR) is 320 cm³/mol. The van der Waals surface area contributed by atoms with Crippen LogP contribution in [0.15, 0.2) is 79.0 Å². The lowest BCUT2D eigenvalue weighted by Crippen LogP contribution is -2.66. The lowest BCUT2D eigenvalue weighted by atomic mass is 9.96. The quantitative estimate of drug-likeness (QED) is 0.0239. The van der Waals surface area contributed by atoms with Gasteiger partial charge in [0, 0.05) is 41.4 Å². The number of hydrogen-bond acceptors (Lipinski definition) is 20. The summed E-state index contributed by atoms with van der Waals surface area (Å²) in [5.41, 5.74) is 8.04. The average molecular weight is 1330 g/mol. The second-order valence-electron chi connectivity index (χ2n) is 20.8. The minimum Gasteiger partial charge on any atom is -0.507 e. The highest BCUT2D eigenvalue weighted by Gasteiger charge is 2.49. The SMILES string of the molecule is C[C@@H](O)[C@@H]1NC(=O)[C@H](CCCCN)NC(=O)[C@@H](Cc2c[nH]c3ccccc23)NC(=O)[C@H](Cc2ccc(O)c([123I])c2)NC(=O)[C@@H](NC(=O)[C@@H](Cc2ccccc2)NC[C@@]2(O)OC[C@@H](O)[C@@H](O)[C@@H]2O)CSSC[C@@H](C(=O)N[C@@H](C(=O)O)[C@@H](C)O)NC1=O. The summed E-state index contributed by atoms with van der Waals surface area (Å²) in [6.45, 7) is 1.18. The number of phenolic OH excluding ortho intramolecular Hbond substituents is 1. The summed E-state index contributed by atoms with van der Waals surface area (Å²) in [5.74, 6) is -12.0. The van der Waals surface area contributed by atoms with Gasteiger partial charge >= 0.3 is 5.97 Å². The number of carboxylic acids is 1. The van der Waals surface area contributed by atoms with Crippen LogP contribution in [0.5, 0.6) is 5.75 Å². The molecule has 6 rings (SSSR count). The number of phenols is 1. The van der Waals surface area contributed by atoms with E-state index < -0.39 is 157 Å². The maximum Gasteiger partial charge on any atom is 0.328 e. The molecule has 85 heavy (non-hydrogen) atoms. The number of halogens is 1. The van der Waals surface area contributed by atoms with Gasteiger partial charge < -0.3 is 98.8 Å². The fourth-order valence-corrected chi connectivity index (χ4v) is 12.2. The van der Waals surface area contributed by atoms with Gasteiger partial charge in [-0.25, -0.2) is 4.79 Å². The van der Waals surface area contributed by atoms with Gasteiger partial charge in [0.2, 0.25) is 47.1 Å². The third kappa shape index (κ3) is 19.2. The minimum absolute atomic E-state index is 0.0671. The topological polar surface area (TPSA) is 446 Å². The Hall–Kier alpha value is -6.17. The van der Waals surface area contributed by atoms with Crippen molar-refractivity contribution in [3.8, 4) is 5.75 Å². The summed E-state index contributed by atoms with van der Waals surface area (Å²) in [6, 6.07) is 7.17. The molecule has 2 fully saturated rings. The Bertz CT molecular complexity index is 2970. The third-order valence-corrected chi connectivity index (χ3v) is 17.5. The Morgan fingerprint density at radius 2 is 1.45 bits per heavy atom. The number of para-hydroxylation sites is 1. The highest BCUT2D eigenvalue weighted by Crippen LogP contribution is 2.27. The number of fused-ring (bicyclic) bond motifs is 1. The maximum atomic E-state index is 15.1. The van der Waals surface area contributed by atoms with Crippen molar-refractivity contribution in [1.82, 2.24) is 47.5 Å². The number of aliphatic hydroxyl groups excluding tert-OH is 5. The number of aromatic hydroxyl groups is 1. The van der Waals surface area contributed by atoms with Crippen LogP contribution in [0.1, 0.15) is 49.8 Å². The fraction of sp³-hybridized carbons (Fsp3) is 0.491. The number of aliphatic hydroxyl groups is 6. The molecule has 0 spiro atoms. The van der Waals surface area contributed by atoms with Crippen LogP contribution in [-0.4, -0.2) is 209 Å². The number of benzene rings is 3. The number of unbranched alkanes of at least 4 members (excludes halogenated alkanes) is 1. The van der Waals surface area contributed by atoms with Gasteiger partial charge in [0.05, 0.1) is 35.0 Å². The first-order chi connectivity index (χ1) is 40.4. The summed E-state index contributed by atoms with van der Waals surface area (Å²) in [5, 5.41) is 106. The molecular weight excluding hydrogens is 1260 g/mol. The summed E-state index contributed by atoms with van der Waals surface area (Å²) in [7, 11) is 1.70. The molecule has 7 amide bonds. The molecule has 1 aromatic heterocycles. The first-order valence-electron chi connectivity index (χ1n) is 27.3. The molecule has 2 aliphatic rings. The van der Waals surface area contributed by atoms with Gasteiger partial charge in [-0.1, -0.05) is 76.2 Å². The molecule has 14 atom stereocenters. The Kier molecular flexibility index (Phi) is 25.6. The van der Waals surface area contributed by atoms with E-state index in [1.54, 1.807) is 66.9 Å². The first kappa shape index (κ1) is 67.9. The van der Waals surface area contributed by atoms with Crippen LogP contribution in [0, 0.1) is 3.57 Å². The number of nitrogens with two attached hydrogens (primary N) is 1. The molecule has 0 bridgehead atoms. The Balaban J connectivity index is 1.44. The zero-order chi connectivity index (χ0) is 62.1. The number of amides is 7. The molecule has 2 aliphatic heterocycles. The maximum absolute atomic E-state index is 15.1. The van der Waals surface area contributed by atoms with Gasteiger partial charge in [-0.2, -0.15) is 0 Å². The molecule has 0 aliphatic carbocycles. The molecule has 19 N–H and O–H groups in total. The monoisotopic (exact) mass is 1330 g/mol.